The SMILES string of the molecule is Cc1ccccc1-c1nnc(SC[C@@H]2CCCCO2)o1. The zero-order valence-corrected chi connectivity index (χ0v) is 12.4. The molecule has 0 spiro atoms. The fraction of sp³-hybridized carbons (Fsp3) is 0.467. The standard InChI is InChI=1S/C15H18N2O2S/c1-11-6-2-3-8-13(11)14-16-17-15(19-14)20-10-12-7-4-5-9-18-12/h2-3,6,8,12H,4-5,7,9-10H2,1H3/t12-/m0/s1. The number of hydrogen-bond acceptors (Lipinski definition) is 5. The Kier molecular flexibility index (Phi) is 4.38. The minimum absolute atomic E-state index is 0.322. The Hall–Kier alpha value is -1.33. The second-order valence-corrected chi connectivity index (χ2v) is 5.96. The van der Waals surface area contributed by atoms with Gasteiger partial charge in [-0.15, -0.1) is 10.2 Å². The Balaban J connectivity index is 1.63. The molecule has 0 amide bonds. The lowest BCUT2D eigenvalue weighted by Crippen LogP contribution is -2.21. The maximum atomic E-state index is 5.73. The lowest BCUT2D eigenvalue weighted by atomic mass is 10.1. The van der Waals surface area contributed by atoms with Crippen LogP contribution in [0.3, 0.4) is 0 Å². The summed E-state index contributed by atoms with van der Waals surface area (Å²) in [4.78, 5) is 0. The van der Waals surface area contributed by atoms with Gasteiger partial charge in [-0.3, -0.25) is 0 Å². The molecule has 1 aliphatic heterocycles. The summed E-state index contributed by atoms with van der Waals surface area (Å²) in [5, 5.41) is 8.86. The van der Waals surface area contributed by atoms with Crippen LogP contribution in [0.2, 0.25) is 0 Å². The van der Waals surface area contributed by atoms with Crippen LogP contribution in [0.4, 0.5) is 0 Å². The van der Waals surface area contributed by atoms with Crippen LogP contribution in [-0.2, 0) is 4.74 Å². The molecule has 1 aromatic heterocycles. The van der Waals surface area contributed by atoms with Gasteiger partial charge in [0.15, 0.2) is 0 Å². The lowest BCUT2D eigenvalue weighted by molar-refractivity contribution is 0.0314. The number of aromatic nitrogens is 2. The molecule has 0 N–H and O–H groups in total. The van der Waals surface area contributed by atoms with E-state index in [9.17, 15) is 0 Å². The third-order valence-corrected chi connectivity index (χ3v) is 4.40. The topological polar surface area (TPSA) is 48.2 Å². The minimum atomic E-state index is 0.322. The number of ether oxygens (including phenoxy) is 1. The Morgan fingerprint density at radius 1 is 1.25 bits per heavy atom. The molecular weight excluding hydrogens is 272 g/mol. The van der Waals surface area contributed by atoms with E-state index in [1.165, 1.54) is 12.8 Å². The van der Waals surface area contributed by atoms with Gasteiger partial charge in [-0.05, 0) is 37.8 Å². The van der Waals surface area contributed by atoms with Crippen LogP contribution in [0.25, 0.3) is 11.5 Å². The van der Waals surface area contributed by atoms with Gasteiger partial charge in [0.1, 0.15) is 0 Å². The molecule has 0 saturated carbocycles. The van der Waals surface area contributed by atoms with Gasteiger partial charge in [-0.25, -0.2) is 0 Å². The maximum absolute atomic E-state index is 5.73. The van der Waals surface area contributed by atoms with E-state index in [0.717, 1.165) is 29.9 Å². The summed E-state index contributed by atoms with van der Waals surface area (Å²) in [7, 11) is 0. The summed E-state index contributed by atoms with van der Waals surface area (Å²) >= 11 is 1.58. The fourth-order valence-corrected chi connectivity index (χ4v) is 3.12. The molecule has 1 aromatic carbocycles. The highest BCUT2D eigenvalue weighted by atomic mass is 32.2. The molecule has 2 heterocycles. The predicted octanol–water partition coefficient (Wildman–Crippen LogP) is 3.71. The Bertz CT molecular complexity index is 565. The molecule has 3 rings (SSSR count). The van der Waals surface area contributed by atoms with Crippen LogP contribution in [0.15, 0.2) is 33.9 Å². The molecule has 0 unspecified atom stereocenters. The quantitative estimate of drug-likeness (QED) is 0.803. The Labute approximate surface area is 122 Å². The molecule has 106 valence electrons. The van der Waals surface area contributed by atoms with Crippen LogP contribution in [0.5, 0.6) is 0 Å². The van der Waals surface area contributed by atoms with E-state index < -0.39 is 0 Å². The van der Waals surface area contributed by atoms with Crippen molar-refractivity contribution in [2.45, 2.75) is 37.5 Å². The summed E-state index contributed by atoms with van der Waals surface area (Å²) in [6.45, 7) is 2.92. The van der Waals surface area contributed by atoms with Crippen molar-refractivity contribution < 1.29 is 9.15 Å². The van der Waals surface area contributed by atoms with Crippen LogP contribution in [0, 0.1) is 6.92 Å². The highest BCUT2D eigenvalue weighted by Gasteiger charge is 2.16. The first-order chi connectivity index (χ1) is 9.83. The van der Waals surface area contributed by atoms with Gasteiger partial charge in [0.2, 0.25) is 5.89 Å². The largest absolute Gasteiger partial charge is 0.411 e. The van der Waals surface area contributed by atoms with Crippen molar-refractivity contribution in [3.8, 4) is 11.5 Å². The van der Waals surface area contributed by atoms with Gasteiger partial charge in [0, 0.05) is 17.9 Å². The first-order valence-corrected chi connectivity index (χ1v) is 7.95. The smallest absolute Gasteiger partial charge is 0.276 e. The van der Waals surface area contributed by atoms with E-state index in [1.807, 2.05) is 31.2 Å². The van der Waals surface area contributed by atoms with Crippen molar-refractivity contribution in [2.24, 2.45) is 0 Å². The number of thioether (sulfide) groups is 1. The average molecular weight is 290 g/mol. The van der Waals surface area contributed by atoms with E-state index in [0.29, 0.717) is 17.2 Å². The van der Waals surface area contributed by atoms with E-state index in [4.69, 9.17) is 9.15 Å². The molecule has 1 atom stereocenters. The first-order valence-electron chi connectivity index (χ1n) is 6.97. The number of nitrogens with zero attached hydrogens (tertiary/aromatic N) is 2. The van der Waals surface area contributed by atoms with Crippen molar-refractivity contribution in [2.75, 3.05) is 12.4 Å². The summed E-state index contributed by atoms with van der Waals surface area (Å²) in [6, 6.07) is 8.03. The monoisotopic (exact) mass is 290 g/mol. The molecule has 0 bridgehead atoms. The Morgan fingerprint density at radius 2 is 2.15 bits per heavy atom. The summed E-state index contributed by atoms with van der Waals surface area (Å²) in [5.41, 5.74) is 2.14. The highest BCUT2D eigenvalue weighted by molar-refractivity contribution is 7.99. The van der Waals surface area contributed by atoms with Crippen molar-refractivity contribution in [1.29, 1.82) is 0 Å². The summed E-state index contributed by atoms with van der Waals surface area (Å²) < 4.78 is 11.4. The molecule has 0 radical (unpaired) electrons. The van der Waals surface area contributed by atoms with Crippen molar-refractivity contribution in [3.63, 3.8) is 0 Å². The molecular formula is C15H18N2O2S. The summed E-state index contributed by atoms with van der Waals surface area (Å²) in [6.07, 6.45) is 3.89. The number of aryl methyl sites for hydroxylation is 1. The molecule has 1 saturated heterocycles. The van der Waals surface area contributed by atoms with Gasteiger partial charge in [0.05, 0.1) is 6.10 Å². The average Bonchev–Trinajstić information content (AvgIpc) is 2.95. The maximum Gasteiger partial charge on any atom is 0.276 e. The summed E-state index contributed by atoms with van der Waals surface area (Å²) in [5.74, 6) is 1.48. The van der Waals surface area contributed by atoms with Crippen molar-refractivity contribution >= 4 is 11.8 Å². The second kappa shape index (κ2) is 6.41. The molecule has 0 aliphatic carbocycles. The number of rotatable bonds is 4. The second-order valence-electron chi connectivity index (χ2n) is 4.99. The first kappa shape index (κ1) is 13.6. The van der Waals surface area contributed by atoms with Gasteiger partial charge >= 0.3 is 0 Å². The lowest BCUT2D eigenvalue weighted by Gasteiger charge is -2.21. The molecule has 1 aliphatic rings. The molecule has 2 aromatic rings. The van der Waals surface area contributed by atoms with E-state index in [2.05, 4.69) is 10.2 Å². The normalized spacial score (nSPS) is 19.1. The molecule has 1 fully saturated rings. The third kappa shape index (κ3) is 3.22. The van der Waals surface area contributed by atoms with Crippen LogP contribution < -0.4 is 0 Å². The Morgan fingerprint density at radius 3 is 2.95 bits per heavy atom. The van der Waals surface area contributed by atoms with Gasteiger partial charge < -0.3 is 9.15 Å². The van der Waals surface area contributed by atoms with Crippen LogP contribution >= 0.6 is 11.8 Å². The molecule has 20 heavy (non-hydrogen) atoms. The van der Waals surface area contributed by atoms with E-state index in [1.54, 1.807) is 11.8 Å². The number of hydrogen-bond donors (Lipinski definition) is 0. The van der Waals surface area contributed by atoms with Gasteiger partial charge in [-0.1, -0.05) is 30.0 Å². The van der Waals surface area contributed by atoms with Gasteiger partial charge in [0.25, 0.3) is 5.22 Å². The van der Waals surface area contributed by atoms with Gasteiger partial charge in [-0.2, -0.15) is 0 Å². The van der Waals surface area contributed by atoms with Crippen molar-refractivity contribution in [3.05, 3.63) is 29.8 Å². The number of benzene rings is 1. The fourth-order valence-electron chi connectivity index (χ4n) is 2.29. The van der Waals surface area contributed by atoms with E-state index >= 15 is 0 Å². The van der Waals surface area contributed by atoms with E-state index in [-0.39, 0.29) is 0 Å². The van der Waals surface area contributed by atoms with Crippen molar-refractivity contribution in [1.82, 2.24) is 10.2 Å². The molecule has 4 nitrogen and oxygen atoms in total. The van der Waals surface area contributed by atoms with Crippen LogP contribution in [0.1, 0.15) is 24.8 Å². The van der Waals surface area contributed by atoms with Crippen LogP contribution in [-0.4, -0.2) is 28.7 Å². The predicted molar refractivity (Wildman–Crippen MR) is 78.8 cm³/mol. The highest BCUT2D eigenvalue weighted by Crippen LogP contribution is 2.27. The molecule has 5 heteroatoms. The zero-order valence-electron chi connectivity index (χ0n) is 11.5. The third-order valence-electron chi connectivity index (χ3n) is 3.45. The zero-order chi connectivity index (χ0) is 13.8. The minimum Gasteiger partial charge on any atom is -0.411 e.